The molecule has 1 aromatic carbocycles. The highest BCUT2D eigenvalue weighted by molar-refractivity contribution is 6.02. The number of amides is 1. The van der Waals surface area contributed by atoms with E-state index in [9.17, 15) is 22.4 Å². The Hall–Kier alpha value is -3.36. The van der Waals surface area contributed by atoms with E-state index < -0.39 is 17.6 Å². The molecule has 0 radical (unpaired) electrons. The fourth-order valence-corrected chi connectivity index (χ4v) is 5.36. The van der Waals surface area contributed by atoms with Crippen LogP contribution in [0.3, 0.4) is 0 Å². The highest BCUT2D eigenvalue weighted by atomic mass is 19.4. The number of aryl methyl sites for hydroxylation is 1. The second-order valence-electron chi connectivity index (χ2n) is 8.93. The van der Waals surface area contributed by atoms with Crippen LogP contribution in [0.5, 0.6) is 0 Å². The van der Waals surface area contributed by atoms with Gasteiger partial charge in [-0.1, -0.05) is 6.07 Å². The molecule has 34 heavy (non-hydrogen) atoms. The minimum absolute atomic E-state index is 0.00385. The molecular weight excluding hydrogens is 448 g/mol. The third kappa shape index (κ3) is 3.93. The SMILES string of the molecule is Cc1ccc(F)c(-c2ncccn2)c1C(=O)N1C2CCC1C(Cc1ccc(C(F)(F)F)cn1)C2. The Morgan fingerprint density at radius 1 is 1.09 bits per heavy atom. The first-order valence-electron chi connectivity index (χ1n) is 11.2. The molecule has 2 bridgehead atoms. The van der Waals surface area contributed by atoms with Crippen LogP contribution in [-0.4, -0.2) is 37.8 Å². The molecule has 2 saturated heterocycles. The van der Waals surface area contributed by atoms with Gasteiger partial charge in [-0.25, -0.2) is 14.4 Å². The summed E-state index contributed by atoms with van der Waals surface area (Å²) in [4.78, 5) is 28.0. The maximum absolute atomic E-state index is 14.9. The summed E-state index contributed by atoms with van der Waals surface area (Å²) >= 11 is 0. The number of carbonyl (C=O) groups is 1. The number of hydrogen-bond donors (Lipinski definition) is 0. The minimum atomic E-state index is -4.43. The van der Waals surface area contributed by atoms with Crippen LogP contribution in [0, 0.1) is 18.7 Å². The highest BCUT2D eigenvalue weighted by Crippen LogP contribution is 2.45. The molecule has 0 saturated carbocycles. The largest absolute Gasteiger partial charge is 0.417 e. The van der Waals surface area contributed by atoms with Crippen LogP contribution in [0.25, 0.3) is 11.4 Å². The van der Waals surface area contributed by atoms with Gasteiger partial charge in [0.1, 0.15) is 5.82 Å². The van der Waals surface area contributed by atoms with Gasteiger partial charge in [-0.05, 0) is 68.4 Å². The van der Waals surface area contributed by atoms with Gasteiger partial charge in [-0.15, -0.1) is 0 Å². The molecule has 3 unspecified atom stereocenters. The molecule has 5 nitrogen and oxygen atoms in total. The van der Waals surface area contributed by atoms with Crippen LogP contribution in [-0.2, 0) is 12.6 Å². The molecule has 2 fully saturated rings. The Labute approximate surface area is 193 Å². The molecule has 2 aromatic heterocycles. The number of nitrogens with zero attached hydrogens (tertiary/aromatic N) is 4. The van der Waals surface area contributed by atoms with Crippen LogP contribution < -0.4 is 0 Å². The number of halogens is 4. The van der Waals surface area contributed by atoms with E-state index in [1.54, 1.807) is 19.1 Å². The van der Waals surface area contributed by atoms with E-state index in [1.807, 2.05) is 4.90 Å². The third-order valence-electron chi connectivity index (χ3n) is 6.89. The van der Waals surface area contributed by atoms with Crippen molar-refractivity contribution in [2.75, 3.05) is 0 Å². The molecule has 0 aliphatic carbocycles. The zero-order valence-electron chi connectivity index (χ0n) is 18.4. The zero-order chi connectivity index (χ0) is 24.0. The summed E-state index contributed by atoms with van der Waals surface area (Å²) in [6.07, 6.45) is 2.31. The summed E-state index contributed by atoms with van der Waals surface area (Å²) in [6, 6.07) is 6.90. The van der Waals surface area contributed by atoms with E-state index in [1.165, 1.54) is 24.5 Å². The van der Waals surface area contributed by atoms with Crippen LogP contribution in [0.4, 0.5) is 17.6 Å². The fraction of sp³-hybridized carbons (Fsp3) is 0.360. The molecule has 2 aliphatic rings. The number of aromatic nitrogens is 3. The summed E-state index contributed by atoms with van der Waals surface area (Å²) < 4.78 is 53.4. The number of rotatable bonds is 4. The van der Waals surface area contributed by atoms with E-state index in [-0.39, 0.29) is 40.9 Å². The summed E-state index contributed by atoms with van der Waals surface area (Å²) in [5.74, 6) is -0.576. The van der Waals surface area contributed by atoms with E-state index in [0.29, 0.717) is 17.7 Å². The lowest BCUT2D eigenvalue weighted by Crippen LogP contribution is -2.37. The van der Waals surface area contributed by atoms with Crippen molar-refractivity contribution in [2.45, 2.75) is 50.9 Å². The number of carbonyl (C=O) groups excluding carboxylic acids is 1. The van der Waals surface area contributed by atoms with Gasteiger partial charge in [-0.2, -0.15) is 13.2 Å². The highest BCUT2D eigenvalue weighted by Gasteiger charge is 2.49. The normalized spacial score (nSPS) is 21.8. The van der Waals surface area contributed by atoms with E-state index in [4.69, 9.17) is 0 Å². The fourth-order valence-electron chi connectivity index (χ4n) is 5.36. The van der Waals surface area contributed by atoms with Gasteiger partial charge in [0.25, 0.3) is 5.91 Å². The first kappa shape index (κ1) is 22.4. The quantitative estimate of drug-likeness (QED) is 0.490. The Bertz CT molecular complexity index is 1210. The van der Waals surface area contributed by atoms with Gasteiger partial charge in [0.05, 0.1) is 16.7 Å². The van der Waals surface area contributed by atoms with Crippen molar-refractivity contribution in [1.29, 1.82) is 0 Å². The van der Waals surface area contributed by atoms with Crippen LogP contribution >= 0.6 is 0 Å². The Balaban J connectivity index is 1.42. The maximum atomic E-state index is 14.9. The van der Waals surface area contributed by atoms with Gasteiger partial charge < -0.3 is 4.90 Å². The molecule has 2 aliphatic heterocycles. The smallest absolute Gasteiger partial charge is 0.332 e. The second kappa shape index (κ2) is 8.45. The lowest BCUT2D eigenvalue weighted by molar-refractivity contribution is -0.137. The molecular formula is C25H22F4N4O. The van der Waals surface area contributed by atoms with Gasteiger partial charge in [0, 0.05) is 36.4 Å². The zero-order valence-corrected chi connectivity index (χ0v) is 18.4. The number of pyridine rings is 1. The predicted molar refractivity (Wildman–Crippen MR) is 116 cm³/mol. The van der Waals surface area contributed by atoms with Crippen molar-refractivity contribution in [3.05, 3.63) is 77.1 Å². The monoisotopic (exact) mass is 470 g/mol. The summed E-state index contributed by atoms with van der Waals surface area (Å²) in [7, 11) is 0. The lowest BCUT2D eigenvalue weighted by Gasteiger charge is -2.26. The maximum Gasteiger partial charge on any atom is 0.417 e. The Kier molecular flexibility index (Phi) is 5.58. The molecule has 4 heterocycles. The average molecular weight is 470 g/mol. The number of alkyl halides is 3. The van der Waals surface area contributed by atoms with Crippen molar-refractivity contribution < 1.29 is 22.4 Å². The van der Waals surface area contributed by atoms with Crippen LogP contribution in [0.1, 0.15) is 46.4 Å². The predicted octanol–water partition coefficient (Wildman–Crippen LogP) is 5.24. The van der Waals surface area contributed by atoms with Gasteiger partial charge >= 0.3 is 6.18 Å². The average Bonchev–Trinajstić information content (AvgIpc) is 3.38. The minimum Gasteiger partial charge on any atom is -0.332 e. The van der Waals surface area contributed by atoms with Crippen molar-refractivity contribution in [2.24, 2.45) is 5.92 Å². The first-order valence-corrected chi connectivity index (χ1v) is 11.2. The molecule has 0 N–H and O–H groups in total. The van der Waals surface area contributed by atoms with Gasteiger partial charge in [0.15, 0.2) is 5.82 Å². The van der Waals surface area contributed by atoms with E-state index in [2.05, 4.69) is 15.0 Å². The van der Waals surface area contributed by atoms with Crippen molar-refractivity contribution in [1.82, 2.24) is 19.9 Å². The molecule has 3 aromatic rings. The van der Waals surface area contributed by atoms with Gasteiger partial charge in [-0.3, -0.25) is 9.78 Å². The molecule has 1 amide bonds. The van der Waals surface area contributed by atoms with E-state index in [0.717, 1.165) is 31.5 Å². The molecule has 9 heteroatoms. The molecule has 0 spiro atoms. The summed E-state index contributed by atoms with van der Waals surface area (Å²) in [6.45, 7) is 1.76. The Morgan fingerprint density at radius 2 is 1.85 bits per heavy atom. The summed E-state index contributed by atoms with van der Waals surface area (Å²) in [5, 5.41) is 0. The van der Waals surface area contributed by atoms with Crippen LogP contribution in [0.15, 0.2) is 48.9 Å². The van der Waals surface area contributed by atoms with E-state index >= 15 is 0 Å². The standard InChI is InChI=1S/C25H22F4N4O/c1-14-3-7-19(26)22(23-30-9-2-10-31-23)21(14)24(34)33-18-6-8-20(33)15(12-18)11-17-5-4-16(13-32-17)25(27,28)29/h2-5,7,9-10,13,15,18,20H,6,8,11-12H2,1H3. The topological polar surface area (TPSA) is 59.0 Å². The second-order valence-corrected chi connectivity index (χ2v) is 8.93. The number of fused-ring (bicyclic) bond motifs is 2. The molecule has 5 rings (SSSR count). The number of hydrogen-bond acceptors (Lipinski definition) is 4. The van der Waals surface area contributed by atoms with Crippen LogP contribution in [0.2, 0.25) is 0 Å². The lowest BCUT2D eigenvalue weighted by atomic mass is 9.86. The van der Waals surface area contributed by atoms with Crippen molar-refractivity contribution in [3.8, 4) is 11.4 Å². The van der Waals surface area contributed by atoms with Crippen molar-refractivity contribution >= 4 is 5.91 Å². The number of benzene rings is 1. The van der Waals surface area contributed by atoms with Crippen molar-refractivity contribution in [3.63, 3.8) is 0 Å². The van der Waals surface area contributed by atoms with Gasteiger partial charge in [0.2, 0.25) is 0 Å². The molecule has 3 atom stereocenters. The summed E-state index contributed by atoms with van der Waals surface area (Å²) in [5.41, 5.74) is 0.784. The molecule has 176 valence electrons. The Morgan fingerprint density at radius 3 is 2.53 bits per heavy atom. The first-order chi connectivity index (χ1) is 16.2. The third-order valence-corrected chi connectivity index (χ3v) is 6.89.